The molecular weight excluding hydrogens is 976 g/mol. The first-order chi connectivity index (χ1) is 30.0. The number of H-pyrrole nitrogens is 1. The summed E-state index contributed by atoms with van der Waals surface area (Å²) in [5.41, 5.74) is 8.13. The van der Waals surface area contributed by atoms with Gasteiger partial charge in [0, 0.05) is 70.6 Å². The second kappa shape index (κ2) is 17.6. The molecule has 6 aromatic rings. The molecule has 4 aliphatic heterocycles. The molecule has 0 bridgehead atoms. The number of nitrogens with two attached hydrogens (primary N) is 1. The first-order valence-corrected chi connectivity index (χ1v) is 22.4. The number of aromatic amines is 1. The van der Waals surface area contributed by atoms with Gasteiger partial charge in [-0.05, 0) is 69.0 Å². The fourth-order valence-corrected chi connectivity index (χ4v) is 9.94. The number of nitrogens with zero attached hydrogens (tertiary/aromatic N) is 9. The molecule has 4 amide bonds. The number of halogens is 2. The van der Waals surface area contributed by atoms with E-state index in [1.807, 2.05) is 28.8 Å². The van der Waals surface area contributed by atoms with Gasteiger partial charge in [0.2, 0.25) is 37.2 Å². The van der Waals surface area contributed by atoms with Crippen LogP contribution in [0.4, 0.5) is 5.82 Å². The Hall–Kier alpha value is -5.72. The summed E-state index contributed by atoms with van der Waals surface area (Å²) in [6, 6.07) is 7.42. The van der Waals surface area contributed by atoms with E-state index in [1.165, 1.54) is 46.0 Å². The summed E-state index contributed by atoms with van der Waals surface area (Å²) < 4.78 is 27.0. The van der Waals surface area contributed by atoms with Crippen LogP contribution in [0.1, 0.15) is 38.5 Å². The minimum absolute atomic E-state index is 0.0699. The van der Waals surface area contributed by atoms with Crippen LogP contribution in [0.25, 0.3) is 22.3 Å². The highest BCUT2D eigenvalue weighted by molar-refractivity contribution is 9.10. The minimum Gasteiger partial charge on any atom is -0.454 e. The zero-order chi connectivity index (χ0) is 43.1. The average Bonchev–Trinajstić information content (AvgIpc) is 4.06. The Balaban J connectivity index is 0.000000158. The molecule has 2 aromatic carbocycles. The maximum Gasteiger partial charge on any atom is 0.231 e. The van der Waals surface area contributed by atoms with Gasteiger partial charge < -0.3 is 38.8 Å². The van der Waals surface area contributed by atoms with Crippen LogP contribution in [0.3, 0.4) is 0 Å². The van der Waals surface area contributed by atoms with Gasteiger partial charge in [-0.2, -0.15) is 0 Å². The number of ether oxygens (including phenoxy) is 4. The molecular formula is C38H34Br2N12O8S2. The van der Waals surface area contributed by atoms with Crippen molar-refractivity contribution in [1.29, 1.82) is 5.41 Å². The third-order valence-corrected chi connectivity index (χ3v) is 14.0. The number of aromatic nitrogens is 8. The lowest BCUT2D eigenvalue weighted by Gasteiger charge is -2.25. The summed E-state index contributed by atoms with van der Waals surface area (Å²) in [5.74, 6) is 2.33. The molecule has 320 valence electrons. The second-order valence-corrected chi connectivity index (χ2v) is 17.8. The number of nitrogens with one attached hydrogen (secondary N) is 2. The number of imide groups is 2. The summed E-state index contributed by atoms with van der Waals surface area (Å²) in [6.07, 6.45) is 5.65. The number of nitrogen functional groups attached to an aromatic ring is 1. The zero-order valence-corrected chi connectivity index (χ0v) is 37.2. The van der Waals surface area contributed by atoms with Crippen LogP contribution in [0.15, 0.2) is 66.0 Å². The van der Waals surface area contributed by atoms with Crippen molar-refractivity contribution in [3.05, 3.63) is 51.4 Å². The topological polar surface area (TPSA) is 252 Å². The lowest BCUT2D eigenvalue weighted by Crippen LogP contribution is -2.41. The molecule has 0 radical (unpaired) electrons. The Morgan fingerprint density at radius 1 is 0.694 bits per heavy atom. The number of carbonyl (C=O) groups is 4. The maximum atomic E-state index is 12.2. The molecule has 0 spiro atoms. The van der Waals surface area contributed by atoms with E-state index in [2.05, 4.69) is 61.8 Å². The van der Waals surface area contributed by atoms with Crippen molar-refractivity contribution >= 4 is 107 Å². The van der Waals surface area contributed by atoms with Crippen LogP contribution in [0, 0.1) is 5.41 Å². The third-order valence-electron chi connectivity index (χ3n) is 10.2. The molecule has 62 heavy (non-hydrogen) atoms. The number of benzene rings is 2. The van der Waals surface area contributed by atoms with Crippen LogP contribution < -0.4 is 30.2 Å². The number of rotatable bonds is 10. The van der Waals surface area contributed by atoms with Crippen molar-refractivity contribution in [3.63, 3.8) is 0 Å². The van der Waals surface area contributed by atoms with E-state index < -0.39 is 0 Å². The van der Waals surface area contributed by atoms with E-state index in [1.54, 1.807) is 4.57 Å². The van der Waals surface area contributed by atoms with Crippen LogP contribution in [-0.4, -0.2) is 99.1 Å². The van der Waals surface area contributed by atoms with Crippen LogP contribution in [-0.2, 0) is 32.3 Å². The van der Waals surface area contributed by atoms with Gasteiger partial charge in [0.25, 0.3) is 0 Å². The lowest BCUT2D eigenvalue weighted by atomic mass is 10.1. The Kier molecular flexibility index (Phi) is 11.8. The standard InChI is InChI=1S/2C19H17BrN6O4S/c20-10-6-11-12(30-9-29-11)7-13(10)31-19-23-16-17(21)22-8-25(18(16)24-19)4-5-26-14(27)2-1-3-15(26)28;20-10-6-11-12(30-9-29-11)7-13(10)31-19-24-16-17(21)22-8-23-18(16)26(19)5-4-25-14(27)2-1-3-15(25)28/h6-8,21H,1-5,9H2,(H,23,24);6-8H,1-5,9H2,(H2,21,22,23). The summed E-state index contributed by atoms with van der Waals surface area (Å²) >= 11 is 9.87. The monoisotopic (exact) mass is 1010 g/mol. The SMILES string of the molecule is N=c1ncn(CCN2C(=O)CCCC2=O)c2nc(Sc3cc4c(cc3Br)OCO4)[nH]c12.Nc1ncnc2c1nc(Sc1cc3c(cc1Br)OCO3)n2CCN1C(=O)CCCC1=O. The molecule has 0 saturated carbocycles. The van der Waals surface area contributed by atoms with E-state index in [-0.39, 0.29) is 61.6 Å². The lowest BCUT2D eigenvalue weighted by molar-refractivity contribution is -0.149. The first kappa shape index (κ1) is 41.6. The van der Waals surface area contributed by atoms with Gasteiger partial charge in [0.1, 0.15) is 11.8 Å². The number of hydrogen-bond acceptors (Lipinski definition) is 17. The van der Waals surface area contributed by atoms with Crippen molar-refractivity contribution in [1.82, 2.24) is 48.8 Å². The molecule has 2 saturated heterocycles. The summed E-state index contributed by atoms with van der Waals surface area (Å²) in [4.78, 5) is 77.8. The smallest absolute Gasteiger partial charge is 0.231 e. The fraction of sp³-hybridized carbons (Fsp3) is 0.316. The zero-order valence-electron chi connectivity index (χ0n) is 32.4. The molecule has 0 atom stereocenters. The van der Waals surface area contributed by atoms with Crippen molar-refractivity contribution in [2.24, 2.45) is 0 Å². The van der Waals surface area contributed by atoms with Crippen LogP contribution in [0.2, 0.25) is 0 Å². The third kappa shape index (κ3) is 8.42. The average molecular weight is 1010 g/mol. The number of fused-ring (bicyclic) bond motifs is 4. The molecule has 10 rings (SSSR count). The van der Waals surface area contributed by atoms with Gasteiger partial charge in [-0.15, -0.1) is 0 Å². The number of carbonyl (C=O) groups excluding carboxylic acids is 4. The van der Waals surface area contributed by atoms with E-state index in [0.717, 1.165) is 18.7 Å². The normalized spacial score (nSPS) is 15.8. The predicted molar refractivity (Wildman–Crippen MR) is 227 cm³/mol. The predicted octanol–water partition coefficient (Wildman–Crippen LogP) is 5.01. The molecule has 4 aliphatic rings. The summed E-state index contributed by atoms with van der Waals surface area (Å²) in [5, 5.41) is 9.31. The van der Waals surface area contributed by atoms with E-state index in [4.69, 9.17) is 30.1 Å². The van der Waals surface area contributed by atoms with Gasteiger partial charge >= 0.3 is 0 Å². The van der Waals surface area contributed by atoms with E-state index in [9.17, 15) is 19.2 Å². The Labute approximate surface area is 376 Å². The number of anilines is 1. The molecule has 4 aromatic heterocycles. The van der Waals surface area contributed by atoms with Gasteiger partial charge in [0.05, 0.1) is 6.33 Å². The van der Waals surface area contributed by atoms with Gasteiger partial charge in [0.15, 0.2) is 61.4 Å². The van der Waals surface area contributed by atoms with Crippen molar-refractivity contribution in [3.8, 4) is 23.0 Å². The Morgan fingerprint density at radius 2 is 1.24 bits per heavy atom. The highest BCUT2D eigenvalue weighted by Gasteiger charge is 2.28. The highest BCUT2D eigenvalue weighted by Crippen LogP contribution is 2.44. The first-order valence-electron chi connectivity index (χ1n) is 19.2. The number of imidazole rings is 2. The van der Waals surface area contributed by atoms with Crippen LogP contribution in [0.5, 0.6) is 23.0 Å². The van der Waals surface area contributed by atoms with Gasteiger partial charge in [-0.25, -0.2) is 24.9 Å². The molecule has 2 fully saturated rings. The Bertz CT molecular complexity index is 2840. The quantitative estimate of drug-likeness (QED) is 0.153. The fourth-order valence-electron chi connectivity index (χ4n) is 7.05. The van der Waals surface area contributed by atoms with E-state index in [0.29, 0.717) is 107 Å². The highest BCUT2D eigenvalue weighted by atomic mass is 79.9. The largest absolute Gasteiger partial charge is 0.454 e. The molecule has 0 unspecified atom stereocenters. The maximum absolute atomic E-state index is 12.2. The van der Waals surface area contributed by atoms with Gasteiger partial charge in [-0.3, -0.25) is 34.4 Å². The number of piperidine rings is 2. The Morgan fingerprint density at radius 3 is 1.84 bits per heavy atom. The number of hydrogen-bond donors (Lipinski definition) is 3. The van der Waals surface area contributed by atoms with Crippen molar-refractivity contribution in [2.45, 2.75) is 71.7 Å². The van der Waals surface area contributed by atoms with Crippen LogP contribution >= 0.6 is 55.4 Å². The molecule has 8 heterocycles. The van der Waals surface area contributed by atoms with E-state index >= 15 is 0 Å². The number of amides is 4. The molecule has 24 heteroatoms. The van der Waals surface area contributed by atoms with Gasteiger partial charge in [-0.1, -0.05) is 23.5 Å². The van der Waals surface area contributed by atoms with Crippen molar-refractivity contribution < 1.29 is 38.1 Å². The molecule has 4 N–H and O–H groups in total. The van der Waals surface area contributed by atoms with Crippen molar-refractivity contribution in [2.75, 3.05) is 32.4 Å². The minimum atomic E-state index is -0.150. The number of likely N-dealkylation sites (tertiary alicyclic amines) is 2. The molecule has 0 aliphatic carbocycles. The summed E-state index contributed by atoms with van der Waals surface area (Å²) in [6.45, 7) is 1.55. The molecule has 20 nitrogen and oxygen atoms in total. The second-order valence-electron chi connectivity index (χ2n) is 14.1. The summed E-state index contributed by atoms with van der Waals surface area (Å²) in [7, 11) is 0.